The maximum atomic E-state index is 13.8. The summed E-state index contributed by atoms with van der Waals surface area (Å²) in [6.07, 6.45) is -4.27. The number of alkyl halides is 3. The van der Waals surface area contributed by atoms with Crippen LogP contribution in [0.4, 0.5) is 18.0 Å². The lowest BCUT2D eigenvalue weighted by atomic mass is 9.91. The van der Waals surface area contributed by atoms with Gasteiger partial charge in [0.2, 0.25) is 5.91 Å². The monoisotopic (exact) mass is 480 g/mol. The maximum Gasteiger partial charge on any atom is 0.416 e. The van der Waals surface area contributed by atoms with Gasteiger partial charge in [-0.15, -0.1) is 0 Å². The summed E-state index contributed by atoms with van der Waals surface area (Å²) in [7, 11) is 1.65. The summed E-state index contributed by atoms with van der Waals surface area (Å²) < 4.78 is 41.3. The van der Waals surface area contributed by atoms with Crippen LogP contribution in [0.3, 0.4) is 0 Å². The molecule has 2 heterocycles. The fourth-order valence-corrected chi connectivity index (χ4v) is 4.56. The van der Waals surface area contributed by atoms with Crippen molar-refractivity contribution in [3.8, 4) is 0 Å². The summed E-state index contributed by atoms with van der Waals surface area (Å²) in [6.45, 7) is 8.09. The Labute approximate surface area is 197 Å². The van der Waals surface area contributed by atoms with Gasteiger partial charge in [0, 0.05) is 20.1 Å². The number of nitrogens with zero attached hydrogens (tertiary/aromatic N) is 3. The Bertz CT molecular complexity index is 1010. The normalized spacial score (nSPS) is 19.5. The van der Waals surface area contributed by atoms with Gasteiger partial charge < -0.3 is 15.1 Å². The molecule has 0 unspecified atom stereocenters. The van der Waals surface area contributed by atoms with Gasteiger partial charge in [0.15, 0.2) is 0 Å². The number of urea groups is 1. The number of halogens is 3. The average Bonchev–Trinajstić information content (AvgIpc) is 3.12. The first-order valence-corrected chi connectivity index (χ1v) is 11.4. The van der Waals surface area contributed by atoms with Gasteiger partial charge in [0.1, 0.15) is 6.04 Å². The van der Waals surface area contributed by atoms with Gasteiger partial charge in [0.25, 0.3) is 5.91 Å². The predicted octanol–water partition coefficient (Wildman–Crippen LogP) is 3.78. The van der Waals surface area contributed by atoms with Crippen molar-refractivity contribution in [3.63, 3.8) is 0 Å². The molecular formula is C24H31F3N4O3. The summed E-state index contributed by atoms with van der Waals surface area (Å²) in [5.74, 6) is -0.675. The summed E-state index contributed by atoms with van der Waals surface area (Å²) in [6, 6.07) is 2.31. The highest BCUT2D eigenvalue weighted by atomic mass is 19.4. The van der Waals surface area contributed by atoms with Gasteiger partial charge in [0.05, 0.1) is 29.4 Å². The van der Waals surface area contributed by atoms with E-state index in [1.807, 2.05) is 20.8 Å². The van der Waals surface area contributed by atoms with E-state index in [1.54, 1.807) is 14.0 Å². The van der Waals surface area contributed by atoms with Crippen molar-refractivity contribution in [1.82, 2.24) is 20.0 Å². The molecule has 0 bridgehead atoms. The molecule has 1 aromatic carbocycles. The van der Waals surface area contributed by atoms with Crippen LogP contribution in [0.15, 0.2) is 35.5 Å². The molecule has 7 nitrogen and oxygen atoms in total. The number of carbonyl (C=O) groups is 3. The van der Waals surface area contributed by atoms with Crippen LogP contribution in [0.1, 0.15) is 51.3 Å². The fraction of sp³-hybridized carbons (Fsp3) is 0.542. The third-order valence-electron chi connectivity index (χ3n) is 6.35. The molecule has 2 aliphatic rings. The van der Waals surface area contributed by atoms with Crippen molar-refractivity contribution >= 4 is 17.8 Å². The minimum absolute atomic E-state index is 0.0131. The van der Waals surface area contributed by atoms with Crippen LogP contribution in [0, 0.1) is 5.92 Å². The molecule has 1 N–H and O–H groups in total. The average molecular weight is 481 g/mol. The van der Waals surface area contributed by atoms with Crippen molar-refractivity contribution in [1.29, 1.82) is 0 Å². The minimum Gasteiger partial charge on any atom is -0.344 e. The molecule has 186 valence electrons. The summed E-state index contributed by atoms with van der Waals surface area (Å²) in [5, 5.41) is 2.60. The summed E-state index contributed by atoms with van der Waals surface area (Å²) >= 11 is 0. The number of nitrogens with one attached hydrogen (secondary N) is 1. The lowest BCUT2D eigenvalue weighted by molar-refractivity contribution is -0.142. The van der Waals surface area contributed by atoms with Gasteiger partial charge in [-0.05, 0) is 37.8 Å². The molecule has 34 heavy (non-hydrogen) atoms. The molecule has 0 aliphatic carbocycles. The molecule has 0 saturated carbocycles. The third kappa shape index (κ3) is 4.63. The second kappa shape index (κ2) is 9.68. The second-order valence-electron chi connectivity index (χ2n) is 9.00. The molecule has 3 rings (SSSR count). The van der Waals surface area contributed by atoms with Crippen molar-refractivity contribution in [2.24, 2.45) is 5.92 Å². The first-order chi connectivity index (χ1) is 15.9. The molecule has 0 aromatic heterocycles. The number of carbonyl (C=O) groups excluding carboxylic acids is 3. The van der Waals surface area contributed by atoms with Crippen molar-refractivity contribution in [2.45, 2.75) is 52.4 Å². The molecule has 0 saturated heterocycles. The highest BCUT2D eigenvalue weighted by molar-refractivity contribution is 6.03. The van der Waals surface area contributed by atoms with Gasteiger partial charge in [-0.25, -0.2) is 4.79 Å². The molecule has 0 radical (unpaired) electrons. The van der Waals surface area contributed by atoms with Crippen LogP contribution in [0.5, 0.6) is 0 Å². The molecule has 1 aromatic rings. The van der Waals surface area contributed by atoms with Crippen LogP contribution >= 0.6 is 0 Å². The Morgan fingerprint density at radius 2 is 1.85 bits per heavy atom. The number of hydrogen-bond donors (Lipinski definition) is 1. The maximum absolute atomic E-state index is 13.8. The lowest BCUT2D eigenvalue weighted by Crippen LogP contribution is -2.49. The SMILES string of the molecule is CCN(C)C(=O)[C@@H](CC(C)C)N1CC2=C(C1=O)[C@H](c1ccccc1C(F)(F)F)NC(=O)N2CC. The van der Waals surface area contributed by atoms with Crippen molar-refractivity contribution in [3.05, 3.63) is 46.7 Å². The van der Waals surface area contributed by atoms with Crippen LogP contribution in [0.2, 0.25) is 0 Å². The van der Waals surface area contributed by atoms with E-state index in [4.69, 9.17) is 0 Å². The van der Waals surface area contributed by atoms with E-state index in [2.05, 4.69) is 5.32 Å². The number of amides is 4. The molecular weight excluding hydrogens is 449 g/mol. The number of likely N-dealkylation sites (N-methyl/N-ethyl adjacent to an activating group) is 2. The van der Waals surface area contributed by atoms with E-state index in [-0.39, 0.29) is 36.1 Å². The highest BCUT2D eigenvalue weighted by Gasteiger charge is 2.48. The zero-order valence-electron chi connectivity index (χ0n) is 20.1. The quantitative estimate of drug-likeness (QED) is 0.646. The largest absolute Gasteiger partial charge is 0.416 e. The first-order valence-electron chi connectivity index (χ1n) is 11.4. The van der Waals surface area contributed by atoms with Gasteiger partial charge in [-0.3, -0.25) is 14.5 Å². The van der Waals surface area contributed by atoms with Gasteiger partial charge in [-0.2, -0.15) is 13.2 Å². The third-order valence-corrected chi connectivity index (χ3v) is 6.35. The van der Waals surface area contributed by atoms with Crippen molar-refractivity contribution in [2.75, 3.05) is 26.7 Å². The highest BCUT2D eigenvalue weighted by Crippen LogP contribution is 2.42. The van der Waals surface area contributed by atoms with Crippen LogP contribution < -0.4 is 5.32 Å². The van der Waals surface area contributed by atoms with Crippen LogP contribution in [0.25, 0.3) is 0 Å². The Balaban J connectivity index is 2.11. The number of hydrogen-bond acceptors (Lipinski definition) is 3. The topological polar surface area (TPSA) is 73.0 Å². The molecule has 2 aliphatic heterocycles. The van der Waals surface area contributed by atoms with Crippen LogP contribution in [-0.2, 0) is 15.8 Å². The Morgan fingerprint density at radius 1 is 1.21 bits per heavy atom. The molecule has 10 heteroatoms. The van der Waals surface area contributed by atoms with E-state index in [0.29, 0.717) is 18.7 Å². The second-order valence-corrected chi connectivity index (χ2v) is 9.00. The van der Waals surface area contributed by atoms with E-state index in [9.17, 15) is 27.6 Å². The molecule has 2 atom stereocenters. The molecule has 0 fully saturated rings. The van der Waals surface area contributed by atoms with E-state index >= 15 is 0 Å². The van der Waals surface area contributed by atoms with E-state index in [1.165, 1.54) is 32.9 Å². The molecule has 0 spiro atoms. The summed E-state index contributed by atoms with van der Waals surface area (Å²) in [4.78, 5) is 44.0. The van der Waals surface area contributed by atoms with E-state index < -0.39 is 35.8 Å². The van der Waals surface area contributed by atoms with Crippen LogP contribution in [-0.4, -0.2) is 65.3 Å². The van der Waals surface area contributed by atoms with Crippen molar-refractivity contribution < 1.29 is 27.6 Å². The standard InChI is InChI=1S/C24H31F3N4O3/c1-6-29(5)21(32)17(12-14(3)4)31-13-18-19(22(31)33)20(28-23(34)30(18)7-2)15-10-8-9-11-16(15)24(25,26)27/h8-11,14,17,20H,6-7,12-13H2,1-5H3,(H,28,34)/t17-,20+/m1/s1. The van der Waals surface area contributed by atoms with E-state index in [0.717, 1.165) is 6.07 Å². The minimum atomic E-state index is -4.66. The summed E-state index contributed by atoms with van der Waals surface area (Å²) in [5.41, 5.74) is -0.680. The van der Waals surface area contributed by atoms with Gasteiger partial charge in [-0.1, -0.05) is 32.0 Å². The molecule has 4 amide bonds. The first kappa shape index (κ1) is 25.6. The Hall–Kier alpha value is -3.04. The lowest BCUT2D eigenvalue weighted by Gasteiger charge is -2.33. The van der Waals surface area contributed by atoms with Gasteiger partial charge >= 0.3 is 12.2 Å². The Morgan fingerprint density at radius 3 is 2.41 bits per heavy atom. The Kier molecular flexibility index (Phi) is 7.28. The zero-order chi connectivity index (χ0) is 25.4. The fourth-order valence-electron chi connectivity index (χ4n) is 4.56. The predicted molar refractivity (Wildman–Crippen MR) is 120 cm³/mol. The number of rotatable bonds is 7. The number of benzene rings is 1. The zero-order valence-corrected chi connectivity index (χ0v) is 20.1. The smallest absolute Gasteiger partial charge is 0.344 e.